The van der Waals surface area contributed by atoms with E-state index in [0.29, 0.717) is 25.6 Å². The number of nitrogens with zero attached hydrogens (tertiary/aromatic N) is 1. The van der Waals surface area contributed by atoms with Gasteiger partial charge in [-0.2, -0.15) is 0 Å². The highest BCUT2D eigenvalue weighted by molar-refractivity contribution is 5.70. The Labute approximate surface area is 156 Å². The number of esters is 1. The minimum absolute atomic E-state index is 0.0879. The van der Waals surface area contributed by atoms with E-state index in [1.54, 1.807) is 0 Å². The molecular weight excluding hydrogens is 330 g/mol. The van der Waals surface area contributed by atoms with E-state index in [4.69, 9.17) is 9.47 Å². The lowest BCUT2D eigenvalue weighted by atomic mass is 9.83. The summed E-state index contributed by atoms with van der Waals surface area (Å²) in [5, 5.41) is 0. The Balaban J connectivity index is 1.85. The zero-order chi connectivity index (χ0) is 18.9. The highest BCUT2D eigenvalue weighted by Gasteiger charge is 2.32. The Morgan fingerprint density at radius 1 is 1.08 bits per heavy atom. The second kappa shape index (κ2) is 10.2. The summed E-state index contributed by atoms with van der Waals surface area (Å²) in [4.78, 5) is 26.2. The van der Waals surface area contributed by atoms with Crippen LogP contribution in [0.2, 0.25) is 0 Å². The summed E-state index contributed by atoms with van der Waals surface area (Å²) in [6.07, 6.45) is 3.93. The molecule has 0 heterocycles. The van der Waals surface area contributed by atoms with E-state index in [-0.39, 0.29) is 24.1 Å². The molecule has 0 aromatic heterocycles. The molecule has 1 aliphatic carbocycles. The first-order chi connectivity index (χ1) is 12.5. The third-order valence-electron chi connectivity index (χ3n) is 4.94. The SMILES string of the molecule is CCOC(=O)C[C@H]1CC[C@H](N(C(=O)OCc2ccccc2)C(C)C)CC1. The molecule has 26 heavy (non-hydrogen) atoms. The van der Waals surface area contributed by atoms with Crippen molar-refractivity contribution >= 4 is 12.1 Å². The smallest absolute Gasteiger partial charge is 0.410 e. The van der Waals surface area contributed by atoms with Crippen LogP contribution in [0.5, 0.6) is 0 Å². The first-order valence-corrected chi connectivity index (χ1v) is 9.65. The molecular formula is C21H31NO4. The van der Waals surface area contributed by atoms with Gasteiger partial charge in [0.15, 0.2) is 0 Å². The molecule has 0 spiro atoms. The molecule has 1 saturated carbocycles. The Morgan fingerprint density at radius 3 is 2.31 bits per heavy atom. The first kappa shape index (κ1) is 20.3. The van der Waals surface area contributed by atoms with E-state index < -0.39 is 0 Å². The van der Waals surface area contributed by atoms with Crippen LogP contribution in [0, 0.1) is 5.92 Å². The van der Waals surface area contributed by atoms with Gasteiger partial charge in [-0.25, -0.2) is 4.79 Å². The number of benzene rings is 1. The van der Waals surface area contributed by atoms with Crippen molar-refractivity contribution in [3.05, 3.63) is 35.9 Å². The molecule has 0 bridgehead atoms. The lowest BCUT2D eigenvalue weighted by molar-refractivity contribution is -0.144. The molecule has 1 aromatic carbocycles. The van der Waals surface area contributed by atoms with Gasteiger partial charge in [0.25, 0.3) is 0 Å². The lowest BCUT2D eigenvalue weighted by Crippen LogP contribution is -2.46. The number of rotatable bonds is 7. The Morgan fingerprint density at radius 2 is 1.73 bits per heavy atom. The molecule has 0 aliphatic heterocycles. The van der Waals surface area contributed by atoms with Gasteiger partial charge in [-0.05, 0) is 57.9 Å². The number of carbonyl (C=O) groups excluding carboxylic acids is 2. The third kappa shape index (κ3) is 6.04. The van der Waals surface area contributed by atoms with Gasteiger partial charge in [-0.15, -0.1) is 0 Å². The van der Waals surface area contributed by atoms with Gasteiger partial charge >= 0.3 is 12.1 Å². The summed E-state index contributed by atoms with van der Waals surface area (Å²) in [5.41, 5.74) is 0.989. The maximum absolute atomic E-state index is 12.6. The molecule has 144 valence electrons. The molecule has 0 radical (unpaired) electrons. The Bertz CT molecular complexity index is 565. The summed E-state index contributed by atoms with van der Waals surface area (Å²) in [6, 6.07) is 9.99. The summed E-state index contributed by atoms with van der Waals surface area (Å²) in [7, 11) is 0. The monoisotopic (exact) mass is 361 g/mol. The average Bonchev–Trinajstić information content (AvgIpc) is 2.62. The van der Waals surface area contributed by atoms with Crippen molar-refractivity contribution in [2.45, 2.75) is 71.6 Å². The van der Waals surface area contributed by atoms with Crippen molar-refractivity contribution in [1.29, 1.82) is 0 Å². The lowest BCUT2D eigenvalue weighted by Gasteiger charge is -2.38. The van der Waals surface area contributed by atoms with Gasteiger partial charge in [0.1, 0.15) is 6.61 Å². The van der Waals surface area contributed by atoms with E-state index in [1.165, 1.54) is 0 Å². The molecule has 1 fully saturated rings. The van der Waals surface area contributed by atoms with Crippen LogP contribution in [0.4, 0.5) is 4.79 Å². The topological polar surface area (TPSA) is 55.8 Å². The fourth-order valence-corrected chi connectivity index (χ4v) is 3.66. The molecule has 2 rings (SSSR count). The molecule has 1 aliphatic rings. The predicted octanol–water partition coefficient (Wildman–Crippen LogP) is 4.55. The van der Waals surface area contributed by atoms with Crippen LogP contribution in [0.25, 0.3) is 0 Å². The van der Waals surface area contributed by atoms with Crippen molar-refractivity contribution in [3.8, 4) is 0 Å². The predicted molar refractivity (Wildman–Crippen MR) is 101 cm³/mol. The van der Waals surface area contributed by atoms with Crippen LogP contribution in [0.15, 0.2) is 30.3 Å². The second-order valence-electron chi connectivity index (χ2n) is 7.22. The van der Waals surface area contributed by atoms with Crippen LogP contribution in [0.3, 0.4) is 0 Å². The second-order valence-corrected chi connectivity index (χ2v) is 7.22. The van der Waals surface area contributed by atoms with E-state index in [9.17, 15) is 9.59 Å². The number of hydrogen-bond acceptors (Lipinski definition) is 4. The molecule has 5 heteroatoms. The first-order valence-electron chi connectivity index (χ1n) is 9.65. The largest absolute Gasteiger partial charge is 0.466 e. The summed E-state index contributed by atoms with van der Waals surface area (Å²) >= 11 is 0. The summed E-state index contributed by atoms with van der Waals surface area (Å²) in [5.74, 6) is 0.249. The van der Waals surface area contributed by atoms with Gasteiger partial charge in [-0.1, -0.05) is 30.3 Å². The van der Waals surface area contributed by atoms with Gasteiger partial charge in [0.2, 0.25) is 0 Å². The maximum atomic E-state index is 12.6. The summed E-state index contributed by atoms with van der Waals surface area (Å²) in [6.45, 7) is 6.60. The zero-order valence-electron chi connectivity index (χ0n) is 16.1. The van der Waals surface area contributed by atoms with Crippen LogP contribution in [-0.4, -0.2) is 35.7 Å². The van der Waals surface area contributed by atoms with E-state index in [0.717, 1.165) is 31.2 Å². The third-order valence-corrected chi connectivity index (χ3v) is 4.94. The van der Waals surface area contributed by atoms with Crippen LogP contribution < -0.4 is 0 Å². The Hall–Kier alpha value is -2.04. The molecule has 0 atom stereocenters. The van der Waals surface area contributed by atoms with Crippen molar-refractivity contribution in [2.24, 2.45) is 5.92 Å². The summed E-state index contributed by atoms with van der Waals surface area (Å²) < 4.78 is 10.6. The fourth-order valence-electron chi connectivity index (χ4n) is 3.66. The number of ether oxygens (including phenoxy) is 2. The fraction of sp³-hybridized carbons (Fsp3) is 0.619. The zero-order valence-corrected chi connectivity index (χ0v) is 16.1. The normalized spacial score (nSPS) is 19.8. The number of amides is 1. The van der Waals surface area contributed by atoms with Gasteiger partial charge in [0.05, 0.1) is 6.61 Å². The number of carbonyl (C=O) groups is 2. The minimum atomic E-state index is -0.252. The van der Waals surface area contributed by atoms with Gasteiger partial charge in [-0.3, -0.25) is 4.79 Å². The van der Waals surface area contributed by atoms with Crippen molar-refractivity contribution in [3.63, 3.8) is 0 Å². The minimum Gasteiger partial charge on any atom is -0.466 e. The molecule has 1 aromatic rings. The van der Waals surface area contributed by atoms with E-state index in [2.05, 4.69) is 0 Å². The van der Waals surface area contributed by atoms with E-state index in [1.807, 2.05) is 56.0 Å². The van der Waals surface area contributed by atoms with Crippen molar-refractivity contribution in [1.82, 2.24) is 4.90 Å². The maximum Gasteiger partial charge on any atom is 0.410 e. The van der Waals surface area contributed by atoms with E-state index >= 15 is 0 Å². The quantitative estimate of drug-likeness (QED) is 0.669. The standard InChI is InChI=1S/C21H31NO4/c1-4-25-20(23)14-17-10-12-19(13-11-17)22(16(2)3)21(24)26-15-18-8-6-5-7-9-18/h5-9,16-17,19H,4,10-15H2,1-3H3/t17-,19-. The Kier molecular flexibility index (Phi) is 7.95. The molecule has 0 N–H and O–H groups in total. The van der Waals surface area contributed by atoms with Gasteiger partial charge in [0, 0.05) is 18.5 Å². The molecule has 1 amide bonds. The van der Waals surface area contributed by atoms with Crippen molar-refractivity contribution in [2.75, 3.05) is 6.61 Å². The molecule has 0 unspecified atom stereocenters. The van der Waals surface area contributed by atoms with Crippen LogP contribution in [0.1, 0.15) is 58.4 Å². The number of hydrogen-bond donors (Lipinski definition) is 0. The van der Waals surface area contributed by atoms with Crippen LogP contribution >= 0.6 is 0 Å². The molecule has 0 saturated heterocycles. The highest BCUT2D eigenvalue weighted by Crippen LogP contribution is 2.31. The van der Waals surface area contributed by atoms with Crippen molar-refractivity contribution < 1.29 is 19.1 Å². The average molecular weight is 361 g/mol. The van der Waals surface area contributed by atoms with Gasteiger partial charge < -0.3 is 14.4 Å². The highest BCUT2D eigenvalue weighted by atomic mass is 16.6. The van der Waals surface area contributed by atoms with Crippen LogP contribution in [-0.2, 0) is 20.9 Å². The molecule has 5 nitrogen and oxygen atoms in total.